The first-order valence-corrected chi connectivity index (χ1v) is 7.29. The first-order valence-electron chi connectivity index (χ1n) is 5.51. The summed E-state index contributed by atoms with van der Waals surface area (Å²) in [6, 6.07) is 5.93. The lowest BCUT2D eigenvalue weighted by atomic mass is 10.2. The molecule has 18 heavy (non-hydrogen) atoms. The molecule has 1 aromatic rings. The van der Waals surface area contributed by atoms with Crippen molar-refractivity contribution in [2.24, 2.45) is 5.73 Å². The van der Waals surface area contributed by atoms with Crippen LogP contribution in [-0.4, -0.2) is 11.8 Å². The van der Waals surface area contributed by atoms with Crippen molar-refractivity contribution in [2.45, 2.75) is 25.5 Å². The van der Waals surface area contributed by atoms with Crippen LogP contribution in [0.5, 0.6) is 5.75 Å². The van der Waals surface area contributed by atoms with Crippen LogP contribution in [0, 0.1) is 5.41 Å². The zero-order valence-corrected chi connectivity index (χ0v) is 13.4. The van der Waals surface area contributed by atoms with E-state index in [1.165, 1.54) is 11.8 Å². The topological polar surface area (TPSA) is 59.1 Å². The molecule has 3 nitrogen and oxygen atoms in total. The summed E-state index contributed by atoms with van der Waals surface area (Å²) in [7, 11) is 0. The smallest absolute Gasteiger partial charge is 0.151 e. The summed E-state index contributed by atoms with van der Waals surface area (Å²) in [5.74, 6) is 1.55. The van der Waals surface area contributed by atoms with Gasteiger partial charge in [0.1, 0.15) is 5.75 Å². The van der Waals surface area contributed by atoms with Crippen LogP contribution in [0.3, 0.4) is 0 Å². The van der Waals surface area contributed by atoms with Crippen molar-refractivity contribution in [3.05, 3.63) is 28.2 Å². The molecule has 0 heterocycles. The number of amidine groups is 1. The molecule has 0 saturated heterocycles. The van der Waals surface area contributed by atoms with E-state index in [9.17, 15) is 0 Å². The van der Waals surface area contributed by atoms with Crippen LogP contribution < -0.4 is 22.9 Å². The molecule has 0 aromatic heterocycles. The second-order valence-corrected chi connectivity index (χ2v) is 5.54. The van der Waals surface area contributed by atoms with E-state index in [2.05, 4.69) is 22.9 Å². The van der Waals surface area contributed by atoms with E-state index in [4.69, 9.17) is 15.9 Å². The SMILES string of the molecule is CCCCOc1ccc(Br)cc1CSC(=N)N.[Cl-]. The van der Waals surface area contributed by atoms with Gasteiger partial charge in [0, 0.05) is 15.8 Å². The van der Waals surface area contributed by atoms with Crippen LogP contribution in [0.25, 0.3) is 0 Å². The maximum atomic E-state index is 7.22. The zero-order chi connectivity index (χ0) is 12.7. The minimum atomic E-state index is 0. The van der Waals surface area contributed by atoms with E-state index in [1.807, 2.05) is 18.2 Å². The predicted octanol–water partition coefficient (Wildman–Crippen LogP) is 0.759. The van der Waals surface area contributed by atoms with Crippen LogP contribution in [-0.2, 0) is 5.75 Å². The largest absolute Gasteiger partial charge is 1.00 e. The van der Waals surface area contributed by atoms with Gasteiger partial charge in [0.25, 0.3) is 0 Å². The van der Waals surface area contributed by atoms with Gasteiger partial charge in [-0.3, -0.25) is 5.41 Å². The van der Waals surface area contributed by atoms with E-state index >= 15 is 0 Å². The summed E-state index contributed by atoms with van der Waals surface area (Å²) in [5.41, 5.74) is 6.41. The molecule has 0 fully saturated rings. The van der Waals surface area contributed by atoms with Gasteiger partial charge in [0.05, 0.1) is 6.61 Å². The highest BCUT2D eigenvalue weighted by molar-refractivity contribution is 9.10. The Morgan fingerprint density at radius 3 is 2.83 bits per heavy atom. The summed E-state index contributed by atoms with van der Waals surface area (Å²) in [4.78, 5) is 0. The van der Waals surface area contributed by atoms with Crippen LogP contribution >= 0.6 is 27.7 Å². The number of ether oxygens (including phenoxy) is 1. The predicted molar refractivity (Wildman–Crippen MR) is 77.8 cm³/mol. The van der Waals surface area contributed by atoms with E-state index in [0.29, 0.717) is 5.75 Å². The molecule has 0 atom stereocenters. The second kappa shape index (κ2) is 9.53. The summed E-state index contributed by atoms with van der Waals surface area (Å²) in [6.45, 7) is 2.87. The summed E-state index contributed by atoms with van der Waals surface area (Å²) in [5, 5.41) is 7.35. The Labute approximate surface area is 127 Å². The van der Waals surface area contributed by atoms with Crippen molar-refractivity contribution in [1.82, 2.24) is 0 Å². The quantitative estimate of drug-likeness (QED) is 0.451. The highest BCUT2D eigenvalue weighted by Gasteiger charge is 2.05. The number of hydrogen-bond donors (Lipinski definition) is 2. The van der Waals surface area contributed by atoms with E-state index in [1.54, 1.807) is 0 Å². The Hall–Kier alpha value is -0.390. The minimum absolute atomic E-state index is 0. The Kier molecular flexibility index (Phi) is 9.32. The number of unbranched alkanes of at least 4 members (excludes halogenated alkanes) is 1. The first-order chi connectivity index (χ1) is 8.13. The number of rotatable bonds is 6. The Bertz CT molecular complexity index is 390. The summed E-state index contributed by atoms with van der Waals surface area (Å²) >= 11 is 4.74. The fraction of sp³-hybridized carbons (Fsp3) is 0.417. The normalized spacial score (nSPS) is 9.67. The van der Waals surface area contributed by atoms with E-state index < -0.39 is 0 Å². The fourth-order valence-corrected chi connectivity index (χ4v) is 2.23. The van der Waals surface area contributed by atoms with Gasteiger partial charge in [-0.25, -0.2) is 0 Å². The average Bonchev–Trinajstić information content (AvgIpc) is 2.29. The Balaban J connectivity index is 0.00000289. The van der Waals surface area contributed by atoms with Crippen LogP contribution in [0.2, 0.25) is 0 Å². The lowest BCUT2D eigenvalue weighted by molar-refractivity contribution is -0.00000421. The molecule has 1 rings (SSSR count). The van der Waals surface area contributed by atoms with Crippen molar-refractivity contribution in [2.75, 3.05) is 6.61 Å². The molecule has 0 aliphatic carbocycles. The van der Waals surface area contributed by atoms with Gasteiger partial charge in [-0.2, -0.15) is 0 Å². The average molecular weight is 353 g/mol. The molecule has 0 unspecified atom stereocenters. The molecule has 0 amide bonds. The molecule has 0 bridgehead atoms. The molecular weight excluding hydrogens is 336 g/mol. The molecule has 0 spiro atoms. The number of nitrogens with two attached hydrogens (primary N) is 1. The molecule has 1 aromatic carbocycles. The van der Waals surface area contributed by atoms with Gasteiger partial charge < -0.3 is 22.9 Å². The van der Waals surface area contributed by atoms with Crippen LogP contribution in [0.1, 0.15) is 25.3 Å². The van der Waals surface area contributed by atoms with E-state index in [-0.39, 0.29) is 17.6 Å². The lowest BCUT2D eigenvalue weighted by Gasteiger charge is -2.11. The highest BCUT2D eigenvalue weighted by Crippen LogP contribution is 2.27. The molecule has 0 saturated carbocycles. The van der Waals surface area contributed by atoms with Crippen molar-refractivity contribution in [3.8, 4) is 5.75 Å². The number of benzene rings is 1. The van der Waals surface area contributed by atoms with Crippen molar-refractivity contribution >= 4 is 32.9 Å². The van der Waals surface area contributed by atoms with E-state index in [0.717, 1.165) is 35.2 Å². The first kappa shape index (κ1) is 17.6. The van der Waals surface area contributed by atoms with Gasteiger partial charge in [-0.15, -0.1) is 0 Å². The molecule has 0 radical (unpaired) electrons. The zero-order valence-electron chi connectivity index (χ0n) is 10.2. The number of thioether (sulfide) groups is 1. The van der Waals surface area contributed by atoms with Gasteiger partial charge in [-0.05, 0) is 24.6 Å². The number of halogens is 2. The highest BCUT2D eigenvalue weighted by atomic mass is 79.9. The summed E-state index contributed by atoms with van der Waals surface area (Å²) < 4.78 is 6.73. The minimum Gasteiger partial charge on any atom is -1.00 e. The Morgan fingerprint density at radius 1 is 1.50 bits per heavy atom. The third-order valence-electron chi connectivity index (χ3n) is 2.16. The van der Waals surface area contributed by atoms with Crippen LogP contribution in [0.4, 0.5) is 0 Å². The number of hydrogen-bond acceptors (Lipinski definition) is 3. The van der Waals surface area contributed by atoms with Gasteiger partial charge >= 0.3 is 0 Å². The number of nitrogens with one attached hydrogen (secondary N) is 1. The monoisotopic (exact) mass is 351 g/mol. The maximum absolute atomic E-state index is 7.22. The molecular formula is C12H17BrClN2OS-. The van der Waals surface area contributed by atoms with Crippen molar-refractivity contribution < 1.29 is 17.1 Å². The molecule has 102 valence electrons. The second-order valence-electron chi connectivity index (χ2n) is 3.61. The standard InChI is InChI=1S/C12H17BrN2OS.ClH/c1-2-3-6-16-11-5-4-10(13)7-9(11)8-17-12(14)15;/h4-5,7H,2-3,6,8H2,1H3,(H3,14,15);1H/p-1. The molecule has 3 N–H and O–H groups in total. The lowest BCUT2D eigenvalue weighted by Crippen LogP contribution is -3.00. The molecule has 0 aliphatic heterocycles. The third kappa shape index (κ3) is 6.52. The van der Waals surface area contributed by atoms with Gasteiger partial charge in [0.2, 0.25) is 0 Å². The van der Waals surface area contributed by atoms with Crippen molar-refractivity contribution in [3.63, 3.8) is 0 Å². The fourth-order valence-electron chi connectivity index (χ4n) is 1.28. The summed E-state index contributed by atoms with van der Waals surface area (Å²) in [6.07, 6.45) is 2.17. The maximum Gasteiger partial charge on any atom is 0.151 e. The molecule has 0 aliphatic rings. The third-order valence-corrected chi connectivity index (χ3v) is 3.42. The van der Waals surface area contributed by atoms with Crippen molar-refractivity contribution in [1.29, 1.82) is 5.41 Å². The Morgan fingerprint density at radius 2 is 2.22 bits per heavy atom. The van der Waals surface area contributed by atoms with Gasteiger partial charge in [-0.1, -0.05) is 41.0 Å². The van der Waals surface area contributed by atoms with Crippen LogP contribution in [0.15, 0.2) is 22.7 Å². The molecule has 6 heteroatoms. The van der Waals surface area contributed by atoms with Gasteiger partial charge in [0.15, 0.2) is 5.17 Å².